The highest BCUT2D eigenvalue weighted by Gasteiger charge is 2.06. The van der Waals surface area contributed by atoms with Gasteiger partial charge in [0.15, 0.2) is 0 Å². The molecule has 0 aromatic heterocycles. The largest absolute Gasteiger partial charge is 0.496 e. The summed E-state index contributed by atoms with van der Waals surface area (Å²) in [5.41, 5.74) is 6.89. The van der Waals surface area contributed by atoms with E-state index in [0.717, 1.165) is 16.2 Å². The minimum Gasteiger partial charge on any atom is -0.496 e. The number of para-hydroxylation sites is 1. The van der Waals surface area contributed by atoms with Crippen LogP contribution >= 0.6 is 11.8 Å². The van der Waals surface area contributed by atoms with E-state index < -0.39 is 0 Å². The van der Waals surface area contributed by atoms with Crippen molar-refractivity contribution in [1.29, 1.82) is 0 Å². The Kier molecular flexibility index (Phi) is 4.07. The molecule has 0 saturated heterocycles. The van der Waals surface area contributed by atoms with Crippen molar-refractivity contribution in [2.75, 3.05) is 7.11 Å². The first-order valence-electron chi connectivity index (χ1n) is 5.44. The van der Waals surface area contributed by atoms with Crippen LogP contribution in [0.5, 0.6) is 5.75 Å². The molecule has 0 amide bonds. The second kappa shape index (κ2) is 5.75. The minimum atomic E-state index is 0.554. The normalized spacial score (nSPS) is 10.2. The number of nitrogens with two attached hydrogens (primary N) is 1. The van der Waals surface area contributed by atoms with Gasteiger partial charge in [-0.05, 0) is 23.8 Å². The Bertz CT molecular complexity index is 454. The van der Waals surface area contributed by atoms with E-state index in [-0.39, 0.29) is 0 Å². The number of ether oxygens (including phenoxy) is 1. The summed E-state index contributed by atoms with van der Waals surface area (Å²) in [7, 11) is 1.69. The summed E-state index contributed by atoms with van der Waals surface area (Å²) >= 11 is 1.68. The molecule has 2 rings (SSSR count). The molecule has 0 atom stereocenters. The zero-order chi connectivity index (χ0) is 12.1. The number of rotatable bonds is 4. The molecule has 0 aliphatic heterocycles. The summed E-state index contributed by atoms with van der Waals surface area (Å²) in [5.74, 6) is 0.893. The van der Waals surface area contributed by atoms with Crippen molar-refractivity contribution >= 4 is 11.8 Å². The summed E-state index contributed by atoms with van der Waals surface area (Å²) in [6, 6.07) is 16.2. The first-order chi connectivity index (χ1) is 8.35. The third kappa shape index (κ3) is 2.81. The predicted octanol–water partition coefficient (Wildman–Crippen LogP) is 3.31. The summed E-state index contributed by atoms with van der Waals surface area (Å²) in [6.07, 6.45) is 0. The number of benzene rings is 2. The molecule has 3 heteroatoms. The van der Waals surface area contributed by atoms with E-state index in [2.05, 4.69) is 18.2 Å². The molecule has 0 spiro atoms. The fourth-order valence-electron chi connectivity index (χ4n) is 1.59. The summed E-state index contributed by atoms with van der Waals surface area (Å²) in [5, 5.41) is 0. The summed E-state index contributed by atoms with van der Waals surface area (Å²) < 4.78 is 5.34. The number of methoxy groups -OCH3 is 1. The van der Waals surface area contributed by atoms with E-state index >= 15 is 0 Å². The fourth-order valence-corrected chi connectivity index (χ4v) is 2.66. The molecule has 0 heterocycles. The Morgan fingerprint density at radius 2 is 1.65 bits per heavy atom. The molecule has 0 fully saturated rings. The van der Waals surface area contributed by atoms with E-state index in [1.165, 1.54) is 4.90 Å². The van der Waals surface area contributed by atoms with E-state index in [0.29, 0.717) is 6.54 Å². The number of hydrogen-bond acceptors (Lipinski definition) is 3. The lowest BCUT2D eigenvalue weighted by molar-refractivity contribution is 0.405. The van der Waals surface area contributed by atoms with Gasteiger partial charge in [-0.3, -0.25) is 0 Å². The molecule has 88 valence electrons. The molecule has 0 saturated carbocycles. The molecule has 2 nitrogen and oxygen atoms in total. The molecule has 17 heavy (non-hydrogen) atoms. The van der Waals surface area contributed by atoms with Crippen molar-refractivity contribution < 1.29 is 4.74 Å². The van der Waals surface area contributed by atoms with Crippen molar-refractivity contribution in [2.45, 2.75) is 16.3 Å². The average Bonchev–Trinajstić information content (AvgIpc) is 2.40. The van der Waals surface area contributed by atoms with Crippen molar-refractivity contribution in [3.63, 3.8) is 0 Å². The van der Waals surface area contributed by atoms with Crippen LogP contribution in [0.2, 0.25) is 0 Å². The van der Waals surface area contributed by atoms with E-state index in [4.69, 9.17) is 10.5 Å². The molecule has 2 N–H and O–H groups in total. The Balaban J connectivity index is 2.31. The number of hydrogen-bond donors (Lipinski definition) is 1. The zero-order valence-corrected chi connectivity index (χ0v) is 10.5. The van der Waals surface area contributed by atoms with Gasteiger partial charge in [0.2, 0.25) is 0 Å². The fraction of sp³-hybridized carbons (Fsp3) is 0.143. The molecule has 2 aromatic rings. The molecule has 0 unspecified atom stereocenters. The lowest BCUT2D eigenvalue weighted by Crippen LogP contribution is -1.97. The summed E-state index contributed by atoms with van der Waals surface area (Å²) in [6.45, 7) is 0.554. The highest BCUT2D eigenvalue weighted by molar-refractivity contribution is 7.99. The lowest BCUT2D eigenvalue weighted by atomic mass is 10.2. The second-order valence-corrected chi connectivity index (χ2v) is 4.65. The van der Waals surface area contributed by atoms with Crippen LogP contribution in [0.15, 0.2) is 58.3 Å². The quantitative estimate of drug-likeness (QED) is 0.897. The van der Waals surface area contributed by atoms with Crippen molar-refractivity contribution in [2.24, 2.45) is 5.73 Å². The standard InChI is InChI=1S/C14H15NOS/c1-16-12-7-3-5-9-14(12)17-13-8-4-2-6-11(13)10-15/h2-9H,10,15H2,1H3. The van der Waals surface area contributed by atoms with Gasteiger partial charge in [0.25, 0.3) is 0 Å². The SMILES string of the molecule is COc1ccccc1Sc1ccccc1CN. The average molecular weight is 245 g/mol. The Morgan fingerprint density at radius 3 is 2.35 bits per heavy atom. The van der Waals surface area contributed by atoms with E-state index in [9.17, 15) is 0 Å². The van der Waals surface area contributed by atoms with Gasteiger partial charge in [0, 0.05) is 11.4 Å². The van der Waals surface area contributed by atoms with Gasteiger partial charge in [-0.2, -0.15) is 0 Å². The highest BCUT2D eigenvalue weighted by atomic mass is 32.2. The van der Waals surface area contributed by atoms with Crippen LogP contribution < -0.4 is 10.5 Å². The minimum absolute atomic E-state index is 0.554. The third-order valence-corrected chi connectivity index (χ3v) is 3.66. The van der Waals surface area contributed by atoms with Crippen molar-refractivity contribution in [3.8, 4) is 5.75 Å². The van der Waals surface area contributed by atoms with Gasteiger partial charge >= 0.3 is 0 Å². The second-order valence-electron chi connectivity index (χ2n) is 3.56. The van der Waals surface area contributed by atoms with Crippen LogP contribution in [0.25, 0.3) is 0 Å². The van der Waals surface area contributed by atoms with Gasteiger partial charge in [-0.25, -0.2) is 0 Å². The molecular formula is C14H15NOS. The van der Waals surface area contributed by atoms with Crippen LogP contribution in [0, 0.1) is 0 Å². The third-order valence-electron chi connectivity index (χ3n) is 2.48. The van der Waals surface area contributed by atoms with E-state index in [1.807, 2.05) is 30.3 Å². The Morgan fingerprint density at radius 1 is 1.00 bits per heavy atom. The summed E-state index contributed by atoms with van der Waals surface area (Å²) in [4.78, 5) is 2.29. The molecule has 0 radical (unpaired) electrons. The molecule has 0 aliphatic carbocycles. The van der Waals surface area contributed by atoms with Crippen LogP contribution in [-0.2, 0) is 6.54 Å². The van der Waals surface area contributed by atoms with Crippen LogP contribution in [0.1, 0.15) is 5.56 Å². The first-order valence-corrected chi connectivity index (χ1v) is 6.25. The monoisotopic (exact) mass is 245 g/mol. The Labute approximate surface area is 106 Å². The topological polar surface area (TPSA) is 35.2 Å². The first kappa shape index (κ1) is 12.0. The van der Waals surface area contributed by atoms with Gasteiger partial charge in [-0.15, -0.1) is 0 Å². The maximum absolute atomic E-state index is 5.73. The zero-order valence-electron chi connectivity index (χ0n) is 9.72. The van der Waals surface area contributed by atoms with Crippen molar-refractivity contribution in [3.05, 3.63) is 54.1 Å². The predicted molar refractivity (Wildman–Crippen MR) is 71.5 cm³/mol. The molecule has 0 aliphatic rings. The molecule has 2 aromatic carbocycles. The van der Waals surface area contributed by atoms with E-state index in [1.54, 1.807) is 18.9 Å². The Hall–Kier alpha value is -1.45. The highest BCUT2D eigenvalue weighted by Crippen LogP contribution is 2.36. The smallest absolute Gasteiger partial charge is 0.132 e. The van der Waals surface area contributed by atoms with Crippen LogP contribution in [0.4, 0.5) is 0 Å². The van der Waals surface area contributed by atoms with Gasteiger partial charge in [0.05, 0.1) is 12.0 Å². The molecule has 0 bridgehead atoms. The van der Waals surface area contributed by atoms with Gasteiger partial charge in [0.1, 0.15) is 5.75 Å². The molecular weight excluding hydrogens is 230 g/mol. The van der Waals surface area contributed by atoms with Crippen molar-refractivity contribution in [1.82, 2.24) is 0 Å². The maximum Gasteiger partial charge on any atom is 0.132 e. The van der Waals surface area contributed by atoms with Gasteiger partial charge in [-0.1, -0.05) is 42.1 Å². The van der Waals surface area contributed by atoms with Crippen LogP contribution in [0.3, 0.4) is 0 Å². The van der Waals surface area contributed by atoms with Crippen LogP contribution in [-0.4, -0.2) is 7.11 Å². The van der Waals surface area contributed by atoms with Gasteiger partial charge < -0.3 is 10.5 Å². The maximum atomic E-state index is 5.73. The lowest BCUT2D eigenvalue weighted by Gasteiger charge is -2.10.